The van der Waals surface area contributed by atoms with Crippen LogP contribution >= 0.6 is 0 Å². The van der Waals surface area contributed by atoms with Crippen LogP contribution in [-0.4, -0.2) is 54.4 Å². The van der Waals surface area contributed by atoms with Crippen LogP contribution in [0.2, 0.25) is 0 Å². The molecule has 1 aromatic carbocycles. The summed E-state index contributed by atoms with van der Waals surface area (Å²) < 4.78 is 8.27. The van der Waals surface area contributed by atoms with Crippen molar-refractivity contribution >= 4 is 5.65 Å². The van der Waals surface area contributed by atoms with Gasteiger partial charge in [-0.3, -0.25) is 9.69 Å². The minimum absolute atomic E-state index is 0.0909. The molecule has 164 valence electrons. The summed E-state index contributed by atoms with van der Waals surface area (Å²) in [5.41, 5.74) is 1.88. The molecule has 2 fully saturated rings. The van der Waals surface area contributed by atoms with Crippen LogP contribution in [-0.2, 0) is 18.3 Å². The third-order valence-electron chi connectivity index (χ3n) is 8.90. The summed E-state index contributed by atoms with van der Waals surface area (Å²) in [6, 6.07) is 5.38. The predicted octanol–water partition coefficient (Wildman–Crippen LogP) is 1.43. The van der Waals surface area contributed by atoms with Gasteiger partial charge >= 0.3 is 0 Å². The molecule has 8 heteroatoms. The maximum Gasteiger partial charge on any atom is 0.254 e. The molecule has 4 atom stereocenters. The average molecular weight is 432 g/mol. The largest absolute Gasteiger partial charge is 0.504 e. The molecule has 1 saturated heterocycles. The molecule has 0 unspecified atom stereocenters. The molecule has 32 heavy (non-hydrogen) atoms. The minimum atomic E-state index is -1.16. The lowest BCUT2D eigenvalue weighted by atomic mass is 9.49. The number of H-pyrrole nitrogens is 1. The molecule has 5 aliphatic rings. The first-order chi connectivity index (χ1) is 15.5. The number of aromatic hydroxyl groups is 1. The van der Waals surface area contributed by atoms with Gasteiger partial charge in [-0.1, -0.05) is 6.07 Å². The average Bonchev–Trinajstić information content (AvgIpc) is 3.33. The number of nitrogens with one attached hydrogen (secondary N) is 1. The summed E-state index contributed by atoms with van der Waals surface area (Å²) in [5.74, 6) is 1.27. The Morgan fingerprint density at radius 1 is 1.28 bits per heavy atom. The zero-order valence-corrected chi connectivity index (χ0v) is 17.5. The van der Waals surface area contributed by atoms with Gasteiger partial charge in [0.1, 0.15) is 5.65 Å². The van der Waals surface area contributed by atoms with Crippen LogP contribution in [0.4, 0.5) is 0 Å². The van der Waals surface area contributed by atoms with Gasteiger partial charge in [-0.2, -0.15) is 5.10 Å². The van der Waals surface area contributed by atoms with Gasteiger partial charge in [0.2, 0.25) is 0 Å². The number of aromatic nitrogens is 3. The zero-order chi connectivity index (χ0) is 21.4. The van der Waals surface area contributed by atoms with E-state index in [4.69, 9.17) is 4.74 Å². The normalized spacial score (nSPS) is 34.3. The molecule has 3 N–H and O–H groups in total. The van der Waals surface area contributed by atoms with Crippen LogP contribution < -0.4 is 10.3 Å². The molecule has 1 spiro atoms. The highest BCUT2D eigenvalue weighted by Gasteiger charge is 2.73. The molecule has 0 amide bonds. The van der Waals surface area contributed by atoms with Crippen LogP contribution in [0.1, 0.15) is 47.8 Å². The van der Waals surface area contributed by atoms with Gasteiger partial charge in [0.05, 0.1) is 22.9 Å². The fraction of sp³-hybridized carbons (Fsp3) is 0.500. The molecule has 2 bridgehead atoms. The number of nitrogens with zero attached hydrogens (tertiary/aromatic N) is 3. The lowest BCUT2D eigenvalue weighted by molar-refractivity contribution is -0.174. The number of phenols is 1. The highest BCUT2D eigenvalue weighted by molar-refractivity contribution is 5.64. The summed E-state index contributed by atoms with van der Waals surface area (Å²) in [7, 11) is 0. The number of aromatic amines is 1. The molecule has 2 aromatic heterocycles. The van der Waals surface area contributed by atoms with Gasteiger partial charge in [0.15, 0.2) is 17.6 Å². The highest BCUT2D eigenvalue weighted by atomic mass is 16.5. The number of ether oxygens (including phenoxy) is 1. The molecule has 3 aromatic rings. The monoisotopic (exact) mass is 432 g/mol. The Kier molecular flexibility index (Phi) is 2.97. The van der Waals surface area contributed by atoms with Crippen molar-refractivity contribution in [1.82, 2.24) is 19.5 Å². The SMILES string of the molecule is O=c1[nH]c2ccnn2c2c1C[C@@]1(O)[C@@H]3Cc4ccc(O)c5c4[C@@]1(CCN3CC1CC1)[C@H]2O5. The molecule has 3 aliphatic carbocycles. The first-order valence-corrected chi connectivity index (χ1v) is 11.6. The topological polar surface area (TPSA) is 103 Å². The van der Waals surface area contributed by atoms with Crippen LogP contribution in [0.5, 0.6) is 11.5 Å². The van der Waals surface area contributed by atoms with Crippen LogP contribution in [0, 0.1) is 5.92 Å². The van der Waals surface area contributed by atoms with Gasteiger partial charge in [0.25, 0.3) is 5.56 Å². The third kappa shape index (κ3) is 1.82. The van der Waals surface area contributed by atoms with E-state index in [2.05, 4.69) is 15.0 Å². The Bertz CT molecular complexity index is 1390. The maximum atomic E-state index is 13.2. The van der Waals surface area contributed by atoms with Gasteiger partial charge < -0.3 is 19.9 Å². The number of piperidine rings is 1. The number of likely N-dealkylation sites (tertiary alicyclic amines) is 1. The summed E-state index contributed by atoms with van der Waals surface area (Å²) in [5, 5.41) is 27.8. The van der Waals surface area contributed by atoms with Gasteiger partial charge in [-0.05, 0) is 49.8 Å². The fourth-order valence-corrected chi connectivity index (χ4v) is 7.39. The Morgan fingerprint density at radius 2 is 2.16 bits per heavy atom. The smallest absolute Gasteiger partial charge is 0.254 e. The maximum absolute atomic E-state index is 13.2. The van der Waals surface area contributed by atoms with Crippen molar-refractivity contribution in [3.05, 3.63) is 57.1 Å². The lowest BCUT2D eigenvalue weighted by Gasteiger charge is -2.62. The number of phenolic OH excluding ortho intramolecular Hbond substituents is 1. The number of benzene rings is 1. The van der Waals surface area contributed by atoms with E-state index >= 15 is 0 Å². The van der Waals surface area contributed by atoms with E-state index in [1.165, 1.54) is 12.8 Å². The highest BCUT2D eigenvalue weighted by Crippen LogP contribution is 2.68. The van der Waals surface area contributed by atoms with Crippen LogP contribution in [0.3, 0.4) is 0 Å². The molecule has 8 rings (SSSR count). The van der Waals surface area contributed by atoms with Crippen LogP contribution in [0.25, 0.3) is 5.65 Å². The second kappa shape index (κ2) is 5.38. The van der Waals surface area contributed by atoms with E-state index in [0.717, 1.165) is 30.6 Å². The number of fused-ring (bicyclic) bond motifs is 4. The standard InChI is InChI=1S/C24H24N4O4/c29-15-4-3-13-9-16-24(31)10-14-19(28-17(5-7-25-28)26-22(14)30)21-23(24,18(13)20(15)32-21)6-8-27(16)11-12-1-2-12/h3-5,7,12,16,21,29,31H,1-2,6,8-11H2,(H,26,30)/t16-,21-,23-,24+/m0/s1. The van der Waals surface area contributed by atoms with E-state index < -0.39 is 17.1 Å². The van der Waals surface area contributed by atoms with Crippen molar-refractivity contribution in [2.24, 2.45) is 5.92 Å². The Morgan fingerprint density at radius 3 is 3.00 bits per heavy atom. The van der Waals surface area contributed by atoms with Crippen molar-refractivity contribution in [2.45, 2.75) is 55.3 Å². The zero-order valence-electron chi connectivity index (χ0n) is 17.5. The third-order valence-corrected chi connectivity index (χ3v) is 8.90. The molecule has 0 radical (unpaired) electrons. The molecule has 1 saturated carbocycles. The Labute approximate surface area is 183 Å². The molecule has 2 aliphatic heterocycles. The predicted molar refractivity (Wildman–Crippen MR) is 114 cm³/mol. The van der Waals surface area contributed by atoms with E-state index in [1.54, 1.807) is 22.8 Å². The number of hydrogen-bond donors (Lipinski definition) is 3. The van der Waals surface area contributed by atoms with E-state index in [1.807, 2.05) is 6.07 Å². The number of rotatable bonds is 2. The van der Waals surface area contributed by atoms with Crippen molar-refractivity contribution in [3.8, 4) is 11.5 Å². The second-order valence-electron chi connectivity index (χ2n) is 10.4. The molecule has 8 nitrogen and oxygen atoms in total. The number of hydrogen-bond acceptors (Lipinski definition) is 6. The van der Waals surface area contributed by atoms with Crippen molar-refractivity contribution < 1.29 is 14.9 Å². The Hall–Kier alpha value is -2.84. The van der Waals surface area contributed by atoms with E-state index in [-0.39, 0.29) is 23.8 Å². The summed E-state index contributed by atoms with van der Waals surface area (Å²) in [4.78, 5) is 18.6. The summed E-state index contributed by atoms with van der Waals surface area (Å²) >= 11 is 0. The molecule has 4 heterocycles. The second-order valence-corrected chi connectivity index (χ2v) is 10.4. The quantitative estimate of drug-likeness (QED) is 0.566. The van der Waals surface area contributed by atoms with Crippen molar-refractivity contribution in [3.63, 3.8) is 0 Å². The Balaban J connectivity index is 1.46. The lowest BCUT2D eigenvalue weighted by Crippen LogP contribution is -2.75. The summed E-state index contributed by atoms with van der Waals surface area (Å²) in [6.07, 6.45) is 5.27. The van der Waals surface area contributed by atoms with Gasteiger partial charge in [-0.25, -0.2) is 4.52 Å². The van der Waals surface area contributed by atoms with Crippen molar-refractivity contribution in [1.29, 1.82) is 0 Å². The van der Waals surface area contributed by atoms with Gasteiger partial charge in [-0.15, -0.1) is 0 Å². The first kappa shape index (κ1) is 17.7. The number of aliphatic hydroxyl groups is 1. The van der Waals surface area contributed by atoms with E-state index in [9.17, 15) is 15.0 Å². The van der Waals surface area contributed by atoms with Crippen molar-refractivity contribution in [2.75, 3.05) is 13.1 Å². The fourth-order valence-electron chi connectivity index (χ4n) is 7.39. The first-order valence-electron chi connectivity index (χ1n) is 11.6. The van der Waals surface area contributed by atoms with Crippen LogP contribution in [0.15, 0.2) is 29.2 Å². The summed E-state index contributed by atoms with van der Waals surface area (Å²) in [6.45, 7) is 1.87. The minimum Gasteiger partial charge on any atom is -0.504 e. The molecular formula is C24H24N4O4. The van der Waals surface area contributed by atoms with E-state index in [0.29, 0.717) is 35.0 Å². The van der Waals surface area contributed by atoms with Gasteiger partial charge in [0, 0.05) is 36.2 Å². The molecular weight excluding hydrogens is 408 g/mol.